The molecule has 222 valence electrons. The highest BCUT2D eigenvalue weighted by Crippen LogP contribution is 2.34. The average Bonchev–Trinajstić information content (AvgIpc) is 2.89. The van der Waals surface area contributed by atoms with E-state index in [4.69, 9.17) is 5.41 Å². The third kappa shape index (κ3) is 11.2. The molecule has 6 heteroatoms. The Morgan fingerprint density at radius 1 is 1.02 bits per heavy atom. The normalized spacial score (nSPS) is 13.8. The Bertz CT molecular complexity index is 1090. The van der Waals surface area contributed by atoms with E-state index in [0.717, 1.165) is 65.9 Å². The minimum Gasteiger partial charge on any atom is -0.478 e. The highest BCUT2D eigenvalue weighted by Gasteiger charge is 2.23. The maximum absolute atomic E-state index is 12.7. The van der Waals surface area contributed by atoms with Crippen LogP contribution in [0.15, 0.2) is 36.1 Å². The largest absolute Gasteiger partial charge is 0.478 e. The molecule has 6 nitrogen and oxygen atoms in total. The number of hydrogen-bond acceptors (Lipinski definition) is 5. The lowest BCUT2D eigenvalue weighted by Crippen LogP contribution is -2.25. The van der Waals surface area contributed by atoms with Crippen LogP contribution in [0.5, 0.6) is 0 Å². The van der Waals surface area contributed by atoms with Crippen LogP contribution in [0.25, 0.3) is 11.1 Å². The number of allylic oxidation sites excluding steroid dienone is 4. The van der Waals surface area contributed by atoms with Crippen LogP contribution in [-0.2, 0) is 22.4 Å². The molecule has 1 aromatic rings. The van der Waals surface area contributed by atoms with Crippen molar-refractivity contribution in [1.82, 2.24) is 10.6 Å². The van der Waals surface area contributed by atoms with Crippen molar-refractivity contribution in [1.29, 1.82) is 5.41 Å². The van der Waals surface area contributed by atoms with E-state index in [9.17, 15) is 14.7 Å². The summed E-state index contributed by atoms with van der Waals surface area (Å²) in [5.74, 6) is -1.37. The first-order valence-corrected chi connectivity index (χ1v) is 14.8. The summed E-state index contributed by atoms with van der Waals surface area (Å²) < 4.78 is 0. The fraction of sp³-hybridized carbons (Fsp3) is 0.559. The van der Waals surface area contributed by atoms with Crippen LogP contribution in [0, 0.1) is 16.7 Å². The minimum absolute atomic E-state index is 0.0844. The number of aliphatic carboxylic acids is 1. The summed E-state index contributed by atoms with van der Waals surface area (Å²) in [6, 6.07) is 4.28. The third-order valence-electron chi connectivity index (χ3n) is 7.65. The molecule has 1 unspecified atom stereocenters. The Labute approximate surface area is 242 Å². The molecule has 0 spiro atoms. The van der Waals surface area contributed by atoms with E-state index in [1.165, 1.54) is 44.0 Å². The van der Waals surface area contributed by atoms with E-state index in [-0.39, 0.29) is 11.0 Å². The molecule has 0 amide bonds. The number of carboxylic acid groups (broad SMARTS) is 1. The number of carbonyl (C=O) groups excluding carboxylic acids is 1. The van der Waals surface area contributed by atoms with Crippen molar-refractivity contribution >= 4 is 29.1 Å². The van der Waals surface area contributed by atoms with Crippen molar-refractivity contribution in [2.45, 2.75) is 93.9 Å². The maximum Gasteiger partial charge on any atom is 0.339 e. The van der Waals surface area contributed by atoms with Gasteiger partial charge >= 0.3 is 5.97 Å². The topological polar surface area (TPSA) is 102 Å². The molecule has 0 fully saturated rings. The standard InChI is InChI=1S/C34H53N3O3/c1-9-12-13-14-15-36-16-17-37-23-28(22-35)31-21-27(19-25(5)34(6,7)8)30(20-26(31)10-2)24(4)18-32(38)29(11-3)33(39)40/h11,18,20-23,25,35-37H,9-10,12-17,19H2,1-8H3,(H,39,40)/b24-18+,28-23+,29-11+,35-22?. The second-order valence-electron chi connectivity index (χ2n) is 11.7. The molecule has 1 aromatic carbocycles. The van der Waals surface area contributed by atoms with Crippen molar-refractivity contribution in [3.05, 3.63) is 58.3 Å². The van der Waals surface area contributed by atoms with Crippen molar-refractivity contribution in [2.75, 3.05) is 19.6 Å². The van der Waals surface area contributed by atoms with Gasteiger partial charge in [0.25, 0.3) is 0 Å². The fourth-order valence-electron chi connectivity index (χ4n) is 4.49. The number of ketones is 1. The quantitative estimate of drug-likeness (QED) is 0.0507. The van der Waals surface area contributed by atoms with E-state index in [1.807, 2.05) is 13.1 Å². The number of nitrogens with one attached hydrogen (secondary N) is 3. The molecule has 0 aliphatic carbocycles. The monoisotopic (exact) mass is 551 g/mol. The molecule has 1 atom stereocenters. The van der Waals surface area contributed by atoms with Crippen molar-refractivity contribution in [3.63, 3.8) is 0 Å². The van der Waals surface area contributed by atoms with Crippen LogP contribution in [0.4, 0.5) is 0 Å². The number of rotatable bonds is 18. The number of aryl methyl sites for hydroxylation is 1. The lowest BCUT2D eigenvalue weighted by molar-refractivity contribution is -0.134. The first-order valence-electron chi connectivity index (χ1n) is 14.8. The molecular weight excluding hydrogens is 498 g/mol. The minimum atomic E-state index is -1.22. The molecule has 0 radical (unpaired) electrons. The summed E-state index contributed by atoms with van der Waals surface area (Å²) in [6.45, 7) is 19.3. The van der Waals surface area contributed by atoms with Crippen molar-refractivity contribution in [3.8, 4) is 0 Å². The van der Waals surface area contributed by atoms with Crippen molar-refractivity contribution < 1.29 is 14.7 Å². The lowest BCUT2D eigenvalue weighted by atomic mass is 9.76. The van der Waals surface area contributed by atoms with Gasteiger partial charge in [0, 0.05) is 31.1 Å². The van der Waals surface area contributed by atoms with E-state index < -0.39 is 11.8 Å². The van der Waals surface area contributed by atoms with Gasteiger partial charge in [-0.2, -0.15) is 0 Å². The second kappa shape index (κ2) is 17.6. The van der Waals surface area contributed by atoms with Crippen LogP contribution in [0.3, 0.4) is 0 Å². The second-order valence-corrected chi connectivity index (χ2v) is 11.7. The van der Waals surface area contributed by atoms with Gasteiger partial charge in [-0.15, -0.1) is 0 Å². The molecule has 1 rings (SSSR count). The van der Waals surface area contributed by atoms with Gasteiger partial charge in [-0.05, 0) is 84.9 Å². The summed E-state index contributed by atoms with van der Waals surface area (Å²) in [7, 11) is 0. The van der Waals surface area contributed by atoms with E-state index in [0.29, 0.717) is 5.92 Å². The molecule has 0 aromatic heterocycles. The summed E-state index contributed by atoms with van der Waals surface area (Å²) in [4.78, 5) is 24.3. The number of unbranched alkanes of at least 4 members (excludes halogenated alkanes) is 3. The van der Waals surface area contributed by atoms with Gasteiger partial charge < -0.3 is 21.1 Å². The highest BCUT2D eigenvalue weighted by atomic mass is 16.4. The van der Waals surface area contributed by atoms with Gasteiger partial charge in [-0.3, -0.25) is 4.79 Å². The highest BCUT2D eigenvalue weighted by molar-refractivity contribution is 6.22. The first-order chi connectivity index (χ1) is 18.9. The van der Waals surface area contributed by atoms with Crippen LogP contribution in [-0.4, -0.2) is 42.7 Å². The average molecular weight is 552 g/mol. The van der Waals surface area contributed by atoms with E-state index >= 15 is 0 Å². The van der Waals surface area contributed by atoms with Gasteiger partial charge in [0.15, 0.2) is 5.78 Å². The fourth-order valence-corrected chi connectivity index (χ4v) is 4.49. The van der Waals surface area contributed by atoms with Crippen LogP contribution < -0.4 is 10.6 Å². The summed E-state index contributed by atoms with van der Waals surface area (Å²) in [5.41, 5.74) is 5.55. The number of benzene rings is 1. The predicted molar refractivity (Wildman–Crippen MR) is 170 cm³/mol. The zero-order valence-corrected chi connectivity index (χ0v) is 26.2. The summed E-state index contributed by atoms with van der Waals surface area (Å²) in [5, 5.41) is 24.4. The first kappa shape index (κ1) is 35.0. The summed E-state index contributed by atoms with van der Waals surface area (Å²) in [6.07, 6.45) is 12.6. The Kier molecular flexibility index (Phi) is 15.5. The van der Waals surface area contributed by atoms with Crippen LogP contribution in [0.2, 0.25) is 0 Å². The molecule has 0 aliphatic heterocycles. The summed E-state index contributed by atoms with van der Waals surface area (Å²) >= 11 is 0. The predicted octanol–water partition coefficient (Wildman–Crippen LogP) is 7.23. The molecule has 0 saturated carbocycles. The Morgan fingerprint density at radius 2 is 1.70 bits per heavy atom. The molecule has 0 bridgehead atoms. The van der Waals surface area contributed by atoms with E-state index in [1.54, 1.807) is 6.92 Å². The van der Waals surface area contributed by atoms with Crippen LogP contribution >= 0.6 is 0 Å². The van der Waals surface area contributed by atoms with Gasteiger partial charge in [-0.1, -0.05) is 79.0 Å². The molecule has 40 heavy (non-hydrogen) atoms. The molecule has 4 N–H and O–H groups in total. The zero-order chi connectivity index (χ0) is 30.3. The zero-order valence-electron chi connectivity index (χ0n) is 26.2. The molecule has 0 saturated heterocycles. The lowest BCUT2D eigenvalue weighted by Gasteiger charge is -2.29. The molecular formula is C34H53N3O3. The van der Waals surface area contributed by atoms with Gasteiger partial charge in [0.2, 0.25) is 0 Å². The SMILES string of the molecule is C/C=C(/C(=O)O)C(=O)/C=C(\C)c1cc(CC)c(/C(C=N)=C/NCCNCCCCCC)cc1CC(C)C(C)(C)C. The maximum atomic E-state index is 12.7. The molecule has 0 aliphatic rings. The Morgan fingerprint density at radius 3 is 2.25 bits per heavy atom. The van der Waals surface area contributed by atoms with Gasteiger partial charge in [0.05, 0.1) is 0 Å². The van der Waals surface area contributed by atoms with Gasteiger partial charge in [-0.25, -0.2) is 4.79 Å². The van der Waals surface area contributed by atoms with Crippen molar-refractivity contribution in [2.24, 2.45) is 11.3 Å². The molecule has 0 heterocycles. The Balaban J connectivity index is 3.38. The van der Waals surface area contributed by atoms with Gasteiger partial charge in [0.1, 0.15) is 5.57 Å². The third-order valence-corrected chi connectivity index (χ3v) is 7.65. The number of hydrogen-bond donors (Lipinski definition) is 4. The Hall–Kier alpha value is -2.99. The van der Waals surface area contributed by atoms with Crippen LogP contribution in [0.1, 0.15) is 103 Å². The number of carboxylic acids is 1. The van der Waals surface area contributed by atoms with E-state index in [2.05, 4.69) is 64.3 Å². The number of carbonyl (C=O) groups is 2. The smallest absolute Gasteiger partial charge is 0.339 e.